The largest absolute Gasteiger partial charge is 0.481 e. The van der Waals surface area contributed by atoms with Crippen molar-refractivity contribution >= 4 is 23.9 Å². The van der Waals surface area contributed by atoms with Gasteiger partial charge in [-0.3, -0.25) is 4.79 Å². The minimum atomic E-state index is -4.48. The van der Waals surface area contributed by atoms with Gasteiger partial charge in [-0.1, -0.05) is 6.58 Å². The zero-order chi connectivity index (χ0) is 26.5. The number of carboxylic acids is 1. The van der Waals surface area contributed by atoms with E-state index in [4.69, 9.17) is 9.84 Å². The Morgan fingerprint density at radius 1 is 1.17 bits per heavy atom. The highest BCUT2D eigenvalue weighted by molar-refractivity contribution is 6.03. The van der Waals surface area contributed by atoms with Gasteiger partial charge in [0.05, 0.1) is 5.56 Å². The lowest BCUT2D eigenvalue weighted by atomic mass is 9.93. The molecule has 1 fully saturated rings. The van der Waals surface area contributed by atoms with Crippen molar-refractivity contribution in [2.75, 3.05) is 18.0 Å². The summed E-state index contributed by atoms with van der Waals surface area (Å²) in [7, 11) is 0. The molecule has 1 N–H and O–H groups in total. The molecular weight excluding hydrogens is 485 g/mol. The Kier molecular flexibility index (Phi) is 8.44. The fraction of sp³-hybridized carbons (Fsp3) is 0.320. The Bertz CT molecular complexity index is 1150. The van der Waals surface area contributed by atoms with Crippen molar-refractivity contribution in [3.63, 3.8) is 0 Å². The maximum absolute atomic E-state index is 15.0. The third-order valence-corrected chi connectivity index (χ3v) is 5.51. The van der Waals surface area contributed by atoms with E-state index in [1.807, 2.05) is 0 Å². The lowest BCUT2D eigenvalue weighted by molar-refractivity contribution is -0.138. The first kappa shape index (κ1) is 26.8. The van der Waals surface area contributed by atoms with Crippen LogP contribution in [-0.2, 0) is 11.0 Å². The molecule has 0 atom stereocenters. The van der Waals surface area contributed by atoms with Crippen molar-refractivity contribution < 1.29 is 36.6 Å². The molecule has 1 aliphatic rings. The predicted octanol–water partition coefficient (Wildman–Crippen LogP) is 6.06. The van der Waals surface area contributed by atoms with Gasteiger partial charge in [-0.25, -0.2) is 13.8 Å². The Hall–Kier alpha value is -3.76. The summed E-state index contributed by atoms with van der Waals surface area (Å²) in [5.41, 5.74) is -0.757. The molecule has 2 aromatic rings. The Balaban J connectivity index is 1.77. The second-order valence-electron chi connectivity index (χ2n) is 8.36. The topological polar surface area (TPSA) is 74.5 Å². The number of hydrogen-bond acceptors (Lipinski definition) is 4. The molecule has 36 heavy (non-hydrogen) atoms. The highest BCUT2D eigenvalue weighted by Crippen LogP contribution is 2.31. The van der Waals surface area contributed by atoms with Gasteiger partial charge in [0.1, 0.15) is 23.1 Å². The van der Waals surface area contributed by atoms with Gasteiger partial charge in [0, 0.05) is 30.8 Å². The van der Waals surface area contributed by atoms with E-state index in [2.05, 4.69) is 16.6 Å². The lowest BCUT2D eigenvalue weighted by Gasteiger charge is -2.33. The maximum atomic E-state index is 15.0. The van der Waals surface area contributed by atoms with E-state index in [0.29, 0.717) is 31.6 Å². The number of carboxylic acid groups (broad SMARTS) is 1. The third-order valence-electron chi connectivity index (χ3n) is 5.51. The van der Waals surface area contributed by atoms with Crippen molar-refractivity contribution in [1.29, 1.82) is 0 Å². The number of aliphatic imine (C=N–C) groups is 2. The average molecular weight is 509 g/mol. The summed E-state index contributed by atoms with van der Waals surface area (Å²) in [6, 6.07) is 6.05. The first-order chi connectivity index (χ1) is 16.9. The molecule has 2 aromatic carbocycles. The third kappa shape index (κ3) is 7.12. The van der Waals surface area contributed by atoms with Crippen molar-refractivity contribution in [3.05, 3.63) is 71.4 Å². The summed E-state index contributed by atoms with van der Waals surface area (Å²) >= 11 is 0. The highest BCUT2D eigenvalue weighted by atomic mass is 19.4. The molecule has 0 unspecified atom stereocenters. The number of carbonyl (C=O) groups is 1. The van der Waals surface area contributed by atoms with E-state index in [1.165, 1.54) is 0 Å². The lowest BCUT2D eigenvalue weighted by Crippen LogP contribution is -2.35. The maximum Gasteiger partial charge on any atom is 0.416 e. The number of nitrogens with zero attached hydrogens (tertiary/aromatic N) is 3. The van der Waals surface area contributed by atoms with Gasteiger partial charge in [-0.05, 0) is 62.1 Å². The minimum absolute atomic E-state index is 0.00443. The fourth-order valence-corrected chi connectivity index (χ4v) is 3.81. The zero-order valence-electron chi connectivity index (χ0n) is 19.4. The fourth-order valence-electron chi connectivity index (χ4n) is 3.81. The molecule has 11 heteroatoms. The summed E-state index contributed by atoms with van der Waals surface area (Å²) in [5.74, 6) is -2.66. The van der Waals surface area contributed by atoms with Crippen molar-refractivity contribution in [3.8, 4) is 5.75 Å². The van der Waals surface area contributed by atoms with E-state index in [9.17, 15) is 26.7 Å². The molecule has 0 radical (unpaired) electrons. The van der Waals surface area contributed by atoms with E-state index in [0.717, 1.165) is 42.8 Å². The van der Waals surface area contributed by atoms with Crippen LogP contribution in [-0.4, -0.2) is 36.4 Å². The smallest absolute Gasteiger partial charge is 0.416 e. The van der Waals surface area contributed by atoms with Crippen LogP contribution in [0.3, 0.4) is 0 Å². The second kappa shape index (κ2) is 11.3. The number of hydrogen-bond donors (Lipinski definition) is 1. The van der Waals surface area contributed by atoms with Gasteiger partial charge in [-0.2, -0.15) is 18.2 Å². The first-order valence-corrected chi connectivity index (χ1v) is 11.0. The summed E-state index contributed by atoms with van der Waals surface area (Å²) in [6.07, 6.45) is -2.56. The first-order valence-electron chi connectivity index (χ1n) is 11.0. The van der Waals surface area contributed by atoms with Crippen LogP contribution in [0, 0.1) is 17.6 Å². The summed E-state index contributed by atoms with van der Waals surface area (Å²) in [4.78, 5) is 20.5. The monoisotopic (exact) mass is 509 g/mol. The number of aliphatic carboxylic acids is 1. The van der Waals surface area contributed by atoms with E-state index in [-0.39, 0.29) is 35.2 Å². The van der Waals surface area contributed by atoms with Crippen LogP contribution in [0.5, 0.6) is 5.75 Å². The van der Waals surface area contributed by atoms with E-state index >= 15 is 0 Å². The van der Waals surface area contributed by atoms with E-state index < -0.39 is 29.3 Å². The molecule has 0 amide bonds. The summed E-state index contributed by atoms with van der Waals surface area (Å²) < 4.78 is 73.3. The van der Waals surface area contributed by atoms with Gasteiger partial charge in [0.2, 0.25) is 0 Å². The van der Waals surface area contributed by atoms with Crippen LogP contribution >= 0.6 is 0 Å². The highest BCUT2D eigenvalue weighted by Gasteiger charge is 2.30. The Morgan fingerprint density at radius 2 is 1.75 bits per heavy atom. The zero-order valence-corrected chi connectivity index (χ0v) is 19.4. The molecule has 0 bridgehead atoms. The average Bonchev–Trinajstić information content (AvgIpc) is 2.78. The molecule has 0 saturated carbocycles. The molecule has 1 heterocycles. The minimum Gasteiger partial charge on any atom is -0.481 e. The SMILES string of the molecule is C=C(C)N=C(N=COc1ccc(C(F)(F)F)cc1)c1cc(F)c(N2CCC(CC(=O)O)CC2)c(F)c1. The molecule has 3 rings (SSSR count). The molecule has 192 valence electrons. The number of allylic oxidation sites excluding steroid dienone is 1. The number of piperidine rings is 1. The van der Waals surface area contributed by atoms with Crippen molar-refractivity contribution in [1.82, 2.24) is 0 Å². The molecule has 0 aromatic heterocycles. The number of alkyl halides is 3. The molecule has 1 aliphatic heterocycles. The van der Waals surface area contributed by atoms with Gasteiger partial charge >= 0.3 is 12.1 Å². The number of ether oxygens (including phenoxy) is 1. The van der Waals surface area contributed by atoms with Crippen LogP contribution in [0.15, 0.2) is 58.7 Å². The Labute approximate surface area is 204 Å². The van der Waals surface area contributed by atoms with Crippen LogP contribution < -0.4 is 9.64 Å². The van der Waals surface area contributed by atoms with Crippen LogP contribution in [0.25, 0.3) is 0 Å². The standard InChI is InChI=1S/C25H24F5N3O3/c1-15(2)32-24(31-14-36-19-5-3-18(4-6-19)25(28,29)30)17-12-20(26)23(21(27)13-17)33-9-7-16(8-10-33)11-22(34)35/h3-6,12-14,16H,1,7-11H2,2H3,(H,34,35). The number of rotatable bonds is 7. The second-order valence-corrected chi connectivity index (χ2v) is 8.36. The Morgan fingerprint density at radius 3 is 2.25 bits per heavy atom. The van der Waals surface area contributed by atoms with Gasteiger partial charge in [0.15, 0.2) is 12.2 Å². The predicted molar refractivity (Wildman–Crippen MR) is 125 cm³/mol. The van der Waals surface area contributed by atoms with Crippen molar-refractivity contribution in [2.45, 2.75) is 32.4 Å². The van der Waals surface area contributed by atoms with Gasteiger partial charge < -0.3 is 14.7 Å². The molecule has 0 aliphatic carbocycles. The number of halogens is 5. The number of anilines is 1. The summed E-state index contributed by atoms with van der Waals surface area (Å²) in [5, 5.41) is 8.94. The quantitative estimate of drug-likeness (QED) is 0.280. The van der Waals surface area contributed by atoms with Crippen LogP contribution in [0.2, 0.25) is 0 Å². The normalized spacial score (nSPS) is 15.4. The van der Waals surface area contributed by atoms with Gasteiger partial charge in [0.25, 0.3) is 0 Å². The van der Waals surface area contributed by atoms with Crippen LogP contribution in [0.4, 0.5) is 27.6 Å². The number of benzene rings is 2. The molecule has 6 nitrogen and oxygen atoms in total. The van der Waals surface area contributed by atoms with E-state index in [1.54, 1.807) is 11.8 Å². The summed E-state index contributed by atoms with van der Waals surface area (Å²) in [6.45, 7) is 5.82. The van der Waals surface area contributed by atoms with Gasteiger partial charge in [-0.15, -0.1) is 0 Å². The number of amidine groups is 1. The van der Waals surface area contributed by atoms with Crippen LogP contribution in [0.1, 0.15) is 37.3 Å². The molecular formula is C25H24F5N3O3. The molecule has 0 spiro atoms. The molecule has 1 saturated heterocycles. The van der Waals surface area contributed by atoms with Crippen molar-refractivity contribution in [2.24, 2.45) is 15.9 Å².